The number of carbonyl (C=O) groups is 1. The molecule has 0 bridgehead atoms. The van der Waals surface area contributed by atoms with Crippen LogP contribution in [-0.2, 0) is 17.8 Å². The number of nitrogens with two attached hydrogens (primary N) is 1. The van der Waals surface area contributed by atoms with Gasteiger partial charge in [0.1, 0.15) is 6.10 Å². The Hall–Kier alpha value is -1.55. The van der Waals surface area contributed by atoms with Crippen molar-refractivity contribution < 1.29 is 14.6 Å². The zero-order valence-corrected chi connectivity index (χ0v) is 11.1. The summed E-state index contributed by atoms with van der Waals surface area (Å²) in [6.45, 7) is 6.04. The zero-order chi connectivity index (χ0) is 13.8. The molecule has 1 amide bonds. The average Bonchev–Trinajstić information content (AvgIpc) is 2.27. The van der Waals surface area contributed by atoms with Gasteiger partial charge in [-0.3, -0.25) is 0 Å². The molecule has 0 aromatic heterocycles. The van der Waals surface area contributed by atoms with Gasteiger partial charge in [0.05, 0.1) is 6.61 Å². The van der Waals surface area contributed by atoms with E-state index in [1.165, 1.54) is 0 Å². The molecule has 3 N–H and O–H groups in total. The second-order valence-electron chi connectivity index (χ2n) is 5.47. The molecule has 18 heavy (non-hydrogen) atoms. The first-order valence-electron chi connectivity index (χ1n) is 5.97. The number of ether oxygens (including phenoxy) is 1. The Morgan fingerprint density at radius 3 is 2.17 bits per heavy atom. The van der Waals surface area contributed by atoms with Crippen LogP contribution in [-0.4, -0.2) is 17.3 Å². The number of hydrogen-bond donors (Lipinski definition) is 2. The number of hydrogen-bond acceptors (Lipinski definition) is 3. The first-order chi connectivity index (χ1) is 8.32. The maximum Gasteiger partial charge on any atom is 0.404 e. The Morgan fingerprint density at radius 2 is 1.78 bits per heavy atom. The molecule has 1 aromatic rings. The summed E-state index contributed by atoms with van der Waals surface area (Å²) < 4.78 is 5.16. The molecule has 0 radical (unpaired) electrons. The molecule has 0 aliphatic rings. The molecule has 1 atom stereocenters. The third kappa shape index (κ3) is 4.37. The van der Waals surface area contributed by atoms with Gasteiger partial charge in [-0.1, -0.05) is 45.0 Å². The third-order valence-corrected chi connectivity index (χ3v) is 2.85. The molecule has 1 rings (SSSR count). The number of amides is 1. The maximum absolute atomic E-state index is 10.9. The van der Waals surface area contributed by atoms with E-state index in [2.05, 4.69) is 0 Å². The predicted octanol–water partition coefficient (Wildman–Crippen LogP) is 2.23. The number of benzene rings is 1. The second kappa shape index (κ2) is 5.87. The molecule has 0 aliphatic carbocycles. The van der Waals surface area contributed by atoms with Gasteiger partial charge in [-0.15, -0.1) is 0 Å². The van der Waals surface area contributed by atoms with E-state index in [0.29, 0.717) is 6.42 Å². The number of primary amides is 1. The summed E-state index contributed by atoms with van der Waals surface area (Å²) in [5, 5.41) is 8.97. The highest BCUT2D eigenvalue weighted by Gasteiger charge is 2.27. The fraction of sp³-hybridized carbons (Fsp3) is 0.500. The summed E-state index contributed by atoms with van der Waals surface area (Å²) in [5.41, 5.74) is 6.83. The van der Waals surface area contributed by atoms with Crippen molar-refractivity contribution in [2.24, 2.45) is 11.1 Å². The van der Waals surface area contributed by atoms with Crippen molar-refractivity contribution in [3.8, 4) is 0 Å². The van der Waals surface area contributed by atoms with E-state index in [4.69, 9.17) is 15.6 Å². The van der Waals surface area contributed by atoms with Gasteiger partial charge in [0.15, 0.2) is 0 Å². The molecule has 0 heterocycles. The topological polar surface area (TPSA) is 72.6 Å². The van der Waals surface area contributed by atoms with Crippen molar-refractivity contribution in [1.82, 2.24) is 0 Å². The van der Waals surface area contributed by atoms with Crippen LogP contribution in [0.2, 0.25) is 0 Å². The first-order valence-corrected chi connectivity index (χ1v) is 5.97. The van der Waals surface area contributed by atoms with Crippen LogP contribution in [0.4, 0.5) is 4.79 Å². The van der Waals surface area contributed by atoms with E-state index in [1.54, 1.807) is 0 Å². The van der Waals surface area contributed by atoms with E-state index in [1.807, 2.05) is 45.0 Å². The molecule has 100 valence electrons. The van der Waals surface area contributed by atoms with E-state index in [9.17, 15) is 4.79 Å². The molecular formula is C14H21NO3. The lowest BCUT2D eigenvalue weighted by Gasteiger charge is -2.29. The van der Waals surface area contributed by atoms with Gasteiger partial charge < -0.3 is 15.6 Å². The van der Waals surface area contributed by atoms with Crippen molar-refractivity contribution in [3.05, 3.63) is 35.4 Å². The Balaban J connectivity index is 2.79. The zero-order valence-electron chi connectivity index (χ0n) is 11.1. The summed E-state index contributed by atoms with van der Waals surface area (Å²) >= 11 is 0. The number of rotatable bonds is 4. The predicted molar refractivity (Wildman–Crippen MR) is 70.0 cm³/mol. The molecule has 1 aromatic carbocycles. The summed E-state index contributed by atoms with van der Waals surface area (Å²) in [6, 6.07) is 7.57. The van der Waals surface area contributed by atoms with Crippen LogP contribution in [0.15, 0.2) is 24.3 Å². The average molecular weight is 251 g/mol. The van der Waals surface area contributed by atoms with Crippen LogP contribution in [0.5, 0.6) is 0 Å². The van der Waals surface area contributed by atoms with Crippen molar-refractivity contribution in [1.29, 1.82) is 0 Å². The van der Waals surface area contributed by atoms with Gasteiger partial charge in [-0.25, -0.2) is 4.79 Å². The monoisotopic (exact) mass is 251 g/mol. The summed E-state index contributed by atoms with van der Waals surface area (Å²) in [7, 11) is 0. The van der Waals surface area contributed by atoms with E-state index in [0.717, 1.165) is 11.1 Å². The quantitative estimate of drug-likeness (QED) is 0.862. The lowest BCUT2D eigenvalue weighted by Crippen LogP contribution is -2.35. The largest absolute Gasteiger partial charge is 0.445 e. The van der Waals surface area contributed by atoms with E-state index in [-0.39, 0.29) is 18.1 Å². The van der Waals surface area contributed by atoms with Crippen LogP contribution < -0.4 is 5.73 Å². The summed E-state index contributed by atoms with van der Waals surface area (Å²) in [6.07, 6.45) is -0.408. The Kier molecular flexibility index (Phi) is 4.73. The highest BCUT2D eigenvalue weighted by Crippen LogP contribution is 2.25. The number of aliphatic hydroxyl groups is 1. The lowest BCUT2D eigenvalue weighted by atomic mass is 9.85. The molecule has 4 nitrogen and oxygen atoms in total. The molecule has 4 heteroatoms. The fourth-order valence-corrected chi connectivity index (χ4v) is 1.66. The van der Waals surface area contributed by atoms with E-state index < -0.39 is 6.09 Å². The Morgan fingerprint density at radius 1 is 1.28 bits per heavy atom. The van der Waals surface area contributed by atoms with Crippen molar-refractivity contribution in [3.63, 3.8) is 0 Å². The molecule has 0 fully saturated rings. The molecule has 1 unspecified atom stereocenters. The second-order valence-corrected chi connectivity index (χ2v) is 5.47. The molecule has 0 saturated carbocycles. The van der Waals surface area contributed by atoms with Crippen LogP contribution in [0.25, 0.3) is 0 Å². The summed E-state index contributed by atoms with van der Waals surface area (Å²) in [4.78, 5) is 10.9. The minimum absolute atomic E-state index is 0.0285. The van der Waals surface area contributed by atoms with E-state index >= 15 is 0 Å². The molecule has 0 saturated heterocycles. The summed E-state index contributed by atoms with van der Waals surface area (Å²) in [5.74, 6) is 0. The number of aliphatic hydroxyl groups excluding tert-OH is 1. The van der Waals surface area contributed by atoms with Crippen LogP contribution in [0.1, 0.15) is 31.9 Å². The fourth-order valence-electron chi connectivity index (χ4n) is 1.66. The Labute approximate surface area is 108 Å². The SMILES string of the molecule is CC(C)(C)C(Cc1ccc(CO)cc1)OC(N)=O. The minimum Gasteiger partial charge on any atom is -0.445 e. The maximum atomic E-state index is 10.9. The van der Waals surface area contributed by atoms with Crippen molar-refractivity contribution >= 4 is 6.09 Å². The smallest absolute Gasteiger partial charge is 0.404 e. The van der Waals surface area contributed by atoms with Gasteiger partial charge in [-0.2, -0.15) is 0 Å². The third-order valence-electron chi connectivity index (χ3n) is 2.85. The van der Waals surface area contributed by atoms with Crippen molar-refractivity contribution in [2.75, 3.05) is 0 Å². The van der Waals surface area contributed by atoms with Gasteiger partial charge >= 0.3 is 6.09 Å². The lowest BCUT2D eigenvalue weighted by molar-refractivity contribution is 0.0374. The molecule has 0 aliphatic heterocycles. The first kappa shape index (κ1) is 14.5. The van der Waals surface area contributed by atoms with Gasteiger partial charge in [0.25, 0.3) is 0 Å². The standard InChI is InChI=1S/C14H21NO3/c1-14(2,3)12(18-13(15)17)8-10-4-6-11(9-16)7-5-10/h4-7,12,16H,8-9H2,1-3H3,(H2,15,17). The molecule has 0 spiro atoms. The highest BCUT2D eigenvalue weighted by molar-refractivity contribution is 5.64. The van der Waals surface area contributed by atoms with Crippen LogP contribution >= 0.6 is 0 Å². The van der Waals surface area contributed by atoms with Gasteiger partial charge in [0, 0.05) is 6.42 Å². The van der Waals surface area contributed by atoms with Crippen LogP contribution in [0.3, 0.4) is 0 Å². The normalized spacial score (nSPS) is 13.1. The van der Waals surface area contributed by atoms with Gasteiger partial charge in [-0.05, 0) is 16.5 Å². The number of carbonyl (C=O) groups excluding carboxylic acids is 1. The van der Waals surface area contributed by atoms with Gasteiger partial charge in [0.2, 0.25) is 0 Å². The van der Waals surface area contributed by atoms with Crippen molar-refractivity contribution in [2.45, 2.75) is 39.9 Å². The minimum atomic E-state index is -0.748. The highest BCUT2D eigenvalue weighted by atomic mass is 16.6. The Bertz CT molecular complexity index is 392. The van der Waals surface area contributed by atoms with Crippen LogP contribution in [0, 0.1) is 5.41 Å². The molecular weight excluding hydrogens is 230 g/mol.